The van der Waals surface area contributed by atoms with E-state index >= 15 is 0 Å². The second-order valence-corrected chi connectivity index (χ2v) is 8.51. The number of sulfonamides is 1. The van der Waals surface area contributed by atoms with Crippen molar-refractivity contribution >= 4 is 21.5 Å². The lowest BCUT2D eigenvalue weighted by Gasteiger charge is -2.27. The number of morpholine rings is 1. The molecule has 0 atom stereocenters. The summed E-state index contributed by atoms with van der Waals surface area (Å²) in [5.74, 6) is 0.178. The first-order chi connectivity index (χ1) is 15.0. The summed E-state index contributed by atoms with van der Waals surface area (Å²) in [6.07, 6.45) is 0. The molecule has 4 rings (SSSR count). The van der Waals surface area contributed by atoms with Crippen LogP contribution in [0.1, 0.15) is 0 Å². The van der Waals surface area contributed by atoms with E-state index in [0.717, 1.165) is 36.6 Å². The van der Waals surface area contributed by atoms with Gasteiger partial charge in [0.1, 0.15) is 16.5 Å². The van der Waals surface area contributed by atoms with E-state index in [1.807, 2.05) is 12.1 Å². The lowest BCUT2D eigenvalue weighted by atomic mass is 10.1. The van der Waals surface area contributed by atoms with Crippen molar-refractivity contribution < 1.29 is 22.3 Å². The second-order valence-electron chi connectivity index (χ2n) is 6.85. The van der Waals surface area contributed by atoms with Crippen LogP contribution < -0.4 is 14.4 Å². The number of benzene rings is 2. The third kappa shape index (κ3) is 4.75. The third-order valence-corrected chi connectivity index (χ3v) is 6.24. The fourth-order valence-corrected chi connectivity index (χ4v) is 4.46. The summed E-state index contributed by atoms with van der Waals surface area (Å²) in [5, 5.41) is 8.57. The second kappa shape index (κ2) is 8.86. The Kier molecular flexibility index (Phi) is 6.01. The first-order valence-electron chi connectivity index (χ1n) is 9.59. The van der Waals surface area contributed by atoms with Crippen molar-refractivity contribution in [3.8, 4) is 17.0 Å². The summed E-state index contributed by atoms with van der Waals surface area (Å²) in [5.41, 5.74) is 1.78. The van der Waals surface area contributed by atoms with Crippen molar-refractivity contribution in [2.45, 2.75) is 4.90 Å². The smallest absolute Gasteiger partial charge is 0.265 e. The number of ether oxygens (including phenoxy) is 2. The minimum Gasteiger partial charge on any atom is -0.495 e. The molecule has 1 fully saturated rings. The predicted molar refractivity (Wildman–Crippen MR) is 114 cm³/mol. The Bertz CT molecular complexity index is 1150. The average molecular weight is 444 g/mol. The van der Waals surface area contributed by atoms with Crippen LogP contribution in [0, 0.1) is 5.82 Å². The topological polar surface area (TPSA) is 93.7 Å². The number of anilines is 2. The molecule has 2 aromatic carbocycles. The Morgan fingerprint density at radius 2 is 1.77 bits per heavy atom. The highest BCUT2D eigenvalue weighted by atomic mass is 32.2. The molecule has 2 heterocycles. The first kappa shape index (κ1) is 21.0. The zero-order chi connectivity index (χ0) is 21.8. The number of nitrogens with one attached hydrogen (secondary N) is 1. The number of aromatic nitrogens is 2. The van der Waals surface area contributed by atoms with Crippen LogP contribution in [0.2, 0.25) is 0 Å². The van der Waals surface area contributed by atoms with Crippen molar-refractivity contribution in [2.24, 2.45) is 0 Å². The molecule has 1 aliphatic heterocycles. The van der Waals surface area contributed by atoms with Crippen LogP contribution in [0.4, 0.5) is 15.9 Å². The van der Waals surface area contributed by atoms with Crippen molar-refractivity contribution in [1.29, 1.82) is 0 Å². The van der Waals surface area contributed by atoms with Gasteiger partial charge in [-0.15, -0.1) is 10.2 Å². The molecule has 10 heteroatoms. The standard InChI is InChI=1S/C21H21FN4O4S/c1-29-19-8-4-16(22)14-20(19)31(27,28)25-17-5-2-15(3-6-17)18-7-9-21(24-23-18)26-10-12-30-13-11-26/h2-9,14,25H,10-13H2,1H3. The molecule has 0 bridgehead atoms. The van der Waals surface area contributed by atoms with Crippen molar-refractivity contribution in [2.75, 3.05) is 43.0 Å². The number of hydrogen-bond donors (Lipinski definition) is 1. The van der Waals surface area contributed by atoms with Crippen molar-refractivity contribution in [1.82, 2.24) is 10.2 Å². The minimum atomic E-state index is -4.03. The van der Waals surface area contributed by atoms with E-state index in [0.29, 0.717) is 24.6 Å². The summed E-state index contributed by atoms with van der Waals surface area (Å²) in [4.78, 5) is 1.84. The van der Waals surface area contributed by atoms with Crippen LogP contribution in [0.3, 0.4) is 0 Å². The molecule has 0 spiro atoms. The van der Waals surface area contributed by atoms with Gasteiger partial charge in [0, 0.05) is 24.3 Å². The maximum absolute atomic E-state index is 13.6. The molecular weight excluding hydrogens is 423 g/mol. The van der Waals surface area contributed by atoms with Gasteiger partial charge in [0.05, 0.1) is 26.0 Å². The number of methoxy groups -OCH3 is 1. The van der Waals surface area contributed by atoms with E-state index in [1.165, 1.54) is 13.2 Å². The van der Waals surface area contributed by atoms with Gasteiger partial charge in [0.2, 0.25) is 0 Å². The van der Waals surface area contributed by atoms with Gasteiger partial charge in [-0.25, -0.2) is 12.8 Å². The number of hydrogen-bond acceptors (Lipinski definition) is 7. The summed E-state index contributed by atoms with van der Waals surface area (Å²) >= 11 is 0. The molecular formula is C21H21FN4O4S. The van der Waals surface area contributed by atoms with Crippen LogP contribution in [0.5, 0.6) is 5.75 Å². The molecule has 31 heavy (non-hydrogen) atoms. The molecule has 0 radical (unpaired) electrons. The van der Waals surface area contributed by atoms with Gasteiger partial charge < -0.3 is 14.4 Å². The van der Waals surface area contributed by atoms with Crippen molar-refractivity contribution in [3.63, 3.8) is 0 Å². The molecule has 0 unspecified atom stereocenters. The minimum absolute atomic E-state index is 0.0566. The Hall–Kier alpha value is -3.24. The number of rotatable bonds is 6. The number of nitrogens with zero attached hydrogens (tertiary/aromatic N) is 3. The van der Waals surface area contributed by atoms with Gasteiger partial charge in [-0.2, -0.15) is 0 Å². The first-order valence-corrected chi connectivity index (χ1v) is 11.1. The van der Waals surface area contributed by atoms with E-state index < -0.39 is 15.8 Å². The predicted octanol–water partition coefficient (Wildman–Crippen LogP) is 2.93. The van der Waals surface area contributed by atoms with E-state index in [4.69, 9.17) is 9.47 Å². The number of halogens is 1. The monoisotopic (exact) mass is 444 g/mol. The Labute approximate surface area is 179 Å². The normalized spacial score (nSPS) is 14.3. The summed E-state index contributed by atoms with van der Waals surface area (Å²) < 4.78 is 51.8. The van der Waals surface area contributed by atoms with E-state index in [9.17, 15) is 12.8 Å². The molecule has 0 amide bonds. The summed E-state index contributed by atoms with van der Waals surface area (Å²) in [6.45, 7) is 2.89. The lowest BCUT2D eigenvalue weighted by molar-refractivity contribution is 0.122. The van der Waals surface area contributed by atoms with Crippen LogP contribution in [0.25, 0.3) is 11.3 Å². The summed E-state index contributed by atoms with van der Waals surface area (Å²) in [6, 6.07) is 13.8. The Balaban J connectivity index is 1.50. The molecule has 1 aromatic heterocycles. The quantitative estimate of drug-likeness (QED) is 0.625. The highest BCUT2D eigenvalue weighted by Gasteiger charge is 2.21. The highest BCUT2D eigenvalue weighted by molar-refractivity contribution is 7.92. The third-order valence-electron chi connectivity index (χ3n) is 4.83. The zero-order valence-electron chi connectivity index (χ0n) is 16.8. The molecule has 8 nitrogen and oxygen atoms in total. The van der Waals surface area contributed by atoms with Crippen LogP contribution >= 0.6 is 0 Å². The Morgan fingerprint density at radius 3 is 2.42 bits per heavy atom. The van der Waals surface area contributed by atoms with Crippen molar-refractivity contribution in [3.05, 3.63) is 60.4 Å². The van der Waals surface area contributed by atoms with Gasteiger partial charge >= 0.3 is 0 Å². The average Bonchev–Trinajstić information content (AvgIpc) is 2.80. The maximum Gasteiger partial charge on any atom is 0.265 e. The fraction of sp³-hybridized carbons (Fsp3) is 0.238. The molecule has 0 aliphatic carbocycles. The Morgan fingerprint density at radius 1 is 1.03 bits per heavy atom. The lowest BCUT2D eigenvalue weighted by Crippen LogP contribution is -2.36. The largest absolute Gasteiger partial charge is 0.495 e. The molecule has 162 valence electrons. The zero-order valence-corrected chi connectivity index (χ0v) is 17.6. The van der Waals surface area contributed by atoms with Crippen LogP contribution in [-0.2, 0) is 14.8 Å². The summed E-state index contributed by atoms with van der Waals surface area (Å²) in [7, 11) is -2.71. The molecule has 1 saturated heterocycles. The highest BCUT2D eigenvalue weighted by Crippen LogP contribution is 2.27. The SMILES string of the molecule is COc1ccc(F)cc1S(=O)(=O)Nc1ccc(-c2ccc(N3CCOCC3)nn2)cc1. The maximum atomic E-state index is 13.6. The molecule has 1 N–H and O–H groups in total. The van der Waals surface area contributed by atoms with E-state index in [-0.39, 0.29) is 10.6 Å². The van der Waals surface area contributed by atoms with Gasteiger partial charge in [-0.1, -0.05) is 12.1 Å². The molecule has 1 aliphatic rings. The van der Waals surface area contributed by atoms with Crippen LogP contribution in [0.15, 0.2) is 59.5 Å². The van der Waals surface area contributed by atoms with Gasteiger partial charge in [-0.05, 0) is 42.5 Å². The van der Waals surface area contributed by atoms with Gasteiger partial charge in [0.15, 0.2) is 5.82 Å². The molecule has 0 saturated carbocycles. The van der Waals surface area contributed by atoms with Gasteiger partial charge in [0.25, 0.3) is 10.0 Å². The van der Waals surface area contributed by atoms with Crippen LogP contribution in [-0.4, -0.2) is 52.0 Å². The fourth-order valence-electron chi connectivity index (χ4n) is 3.22. The van der Waals surface area contributed by atoms with Gasteiger partial charge in [-0.3, -0.25) is 4.72 Å². The van der Waals surface area contributed by atoms with E-state index in [2.05, 4.69) is 19.8 Å². The van der Waals surface area contributed by atoms with E-state index in [1.54, 1.807) is 24.3 Å². The molecule has 3 aromatic rings.